The topological polar surface area (TPSA) is 296 Å². The van der Waals surface area contributed by atoms with Crippen LogP contribution in [0.2, 0.25) is 0 Å². The van der Waals surface area contributed by atoms with Gasteiger partial charge in [-0.15, -0.1) is 11.8 Å². The molecule has 12 rings (SSSR count). The number of carbonyl (C=O) groups excluding carboxylic acids is 4. The summed E-state index contributed by atoms with van der Waals surface area (Å²) < 4.78 is 22.3. The van der Waals surface area contributed by atoms with Crippen LogP contribution in [0.3, 0.4) is 0 Å². The van der Waals surface area contributed by atoms with Crippen molar-refractivity contribution in [2.75, 3.05) is 87.7 Å². The van der Waals surface area contributed by atoms with Crippen LogP contribution in [0.4, 0.5) is 23.1 Å². The van der Waals surface area contributed by atoms with Crippen LogP contribution in [-0.2, 0) is 0 Å². The molecule has 0 spiro atoms. The van der Waals surface area contributed by atoms with E-state index in [0.717, 1.165) is 147 Å². The van der Waals surface area contributed by atoms with Crippen LogP contribution >= 0.6 is 15.9 Å². The van der Waals surface area contributed by atoms with Gasteiger partial charge in [-0.05, 0) is 165 Å². The number of benzene rings is 5. The maximum atomic E-state index is 11.8. The Hall–Kier alpha value is -9.57. The average molecular weight is 1340 g/mol. The first kappa shape index (κ1) is 68.8. The lowest BCUT2D eigenvalue weighted by molar-refractivity contribution is 0.0989. The summed E-state index contributed by atoms with van der Waals surface area (Å²) in [5.74, 6) is 15.9. The molecule has 3 saturated heterocycles. The first-order valence-electron chi connectivity index (χ1n) is 31.9. The molecular weight excluding hydrogens is 1250 g/mol. The van der Waals surface area contributed by atoms with Crippen molar-refractivity contribution in [1.29, 1.82) is 0 Å². The highest BCUT2D eigenvalue weighted by Gasteiger charge is 2.26. The fraction of sp³-hybridized carbons (Fsp3) is 0.384. The SMILES string of the molecule is CC#Cc1ccc(N2CCC(N)CC2)c2cc(OC)c(C(N)=O)cc12.CC#Cc1cnc(N2CCC[C@H](C)C2)c2cc(OC)c(C(N)=O)cc12.COc1cc2c(N3CCC[C@H](C)C3)ncc(Br)c2cc1C(N)=O.COc1cc2c(NC3CCCC3)nccc2cc1C(N)=O. The summed E-state index contributed by atoms with van der Waals surface area (Å²) >= 11 is 3.52. The summed E-state index contributed by atoms with van der Waals surface area (Å²) in [7, 11) is 6.16. The number of halogens is 1. The maximum Gasteiger partial charge on any atom is 0.252 e. The molecule has 2 atom stereocenters. The van der Waals surface area contributed by atoms with Gasteiger partial charge in [-0.25, -0.2) is 15.0 Å². The number of carbonyl (C=O) groups is 4. The third kappa shape index (κ3) is 15.7. The van der Waals surface area contributed by atoms with Gasteiger partial charge in [0.2, 0.25) is 0 Å². The predicted molar refractivity (Wildman–Crippen MR) is 379 cm³/mol. The lowest BCUT2D eigenvalue weighted by Gasteiger charge is -2.33. The molecule has 4 fully saturated rings. The molecule has 6 heterocycles. The normalized spacial score (nSPS) is 16.4. The minimum absolute atomic E-state index is 0.267. The van der Waals surface area contributed by atoms with E-state index in [4.69, 9.17) is 47.6 Å². The van der Waals surface area contributed by atoms with E-state index in [9.17, 15) is 19.2 Å². The maximum absolute atomic E-state index is 11.8. The highest BCUT2D eigenvalue weighted by atomic mass is 79.9. The molecule has 4 aliphatic rings. The monoisotopic (exact) mass is 1340 g/mol. The molecule has 20 nitrogen and oxygen atoms in total. The molecule has 492 valence electrons. The van der Waals surface area contributed by atoms with Crippen LogP contribution < -0.4 is 67.6 Å². The molecule has 5 aromatic carbocycles. The van der Waals surface area contributed by atoms with Crippen molar-refractivity contribution in [3.8, 4) is 46.7 Å². The second-order valence-electron chi connectivity index (χ2n) is 24.3. The summed E-state index contributed by atoms with van der Waals surface area (Å²) in [6.45, 7) is 13.9. The molecule has 4 amide bonds. The van der Waals surface area contributed by atoms with Gasteiger partial charge in [-0.2, -0.15) is 0 Å². The molecule has 3 aliphatic heterocycles. The van der Waals surface area contributed by atoms with Crippen molar-refractivity contribution >= 4 is 106 Å². The third-order valence-electron chi connectivity index (χ3n) is 17.8. The van der Waals surface area contributed by atoms with Gasteiger partial charge in [0.25, 0.3) is 23.6 Å². The Bertz CT molecular complexity index is 4280. The molecule has 21 heteroatoms. The van der Waals surface area contributed by atoms with Gasteiger partial charge in [0.15, 0.2) is 0 Å². The number of aromatic nitrogens is 3. The number of anilines is 4. The van der Waals surface area contributed by atoms with Gasteiger partial charge in [-0.1, -0.05) is 38.5 Å². The van der Waals surface area contributed by atoms with Crippen molar-refractivity contribution in [2.45, 2.75) is 104 Å². The van der Waals surface area contributed by atoms with E-state index in [0.29, 0.717) is 63.1 Å². The van der Waals surface area contributed by atoms with E-state index in [2.05, 4.69) is 94.5 Å². The number of piperidine rings is 3. The van der Waals surface area contributed by atoms with Crippen LogP contribution in [-0.4, -0.2) is 118 Å². The van der Waals surface area contributed by atoms with Crippen molar-refractivity contribution in [2.24, 2.45) is 40.5 Å². The van der Waals surface area contributed by atoms with Crippen molar-refractivity contribution in [3.63, 3.8) is 0 Å². The Morgan fingerprint density at radius 2 is 0.968 bits per heavy atom. The molecule has 0 unspecified atom stereocenters. The zero-order valence-corrected chi connectivity index (χ0v) is 56.5. The lowest BCUT2D eigenvalue weighted by atomic mass is 9.97. The molecule has 0 bridgehead atoms. The highest BCUT2D eigenvalue weighted by Crippen LogP contribution is 2.40. The average Bonchev–Trinajstić information content (AvgIpc) is 0.862. The van der Waals surface area contributed by atoms with Gasteiger partial charge in [0.05, 0.1) is 56.3 Å². The zero-order chi connectivity index (χ0) is 67.3. The number of methoxy groups -OCH3 is 4. The number of nitrogens with zero attached hydrogens (tertiary/aromatic N) is 6. The first-order valence-corrected chi connectivity index (χ1v) is 32.7. The number of pyridine rings is 3. The summed E-state index contributed by atoms with van der Waals surface area (Å²) in [4.78, 5) is 67.5. The number of nitrogens with two attached hydrogens (primary N) is 5. The molecule has 11 N–H and O–H groups in total. The van der Waals surface area contributed by atoms with E-state index >= 15 is 0 Å². The fourth-order valence-corrected chi connectivity index (χ4v) is 13.4. The van der Waals surface area contributed by atoms with Gasteiger partial charge in [-0.3, -0.25) is 19.2 Å². The summed E-state index contributed by atoms with van der Waals surface area (Å²) in [6, 6.07) is 21.2. The number of amides is 4. The van der Waals surface area contributed by atoms with Crippen LogP contribution in [0.15, 0.2) is 89.8 Å². The Labute approximate surface area is 558 Å². The number of hydrogen-bond acceptors (Lipinski definition) is 16. The second-order valence-corrected chi connectivity index (χ2v) is 25.2. The number of rotatable bonds is 13. The smallest absolute Gasteiger partial charge is 0.252 e. The number of primary amides is 4. The van der Waals surface area contributed by atoms with Gasteiger partial charge in [0, 0.05) is 123 Å². The van der Waals surface area contributed by atoms with Gasteiger partial charge in [0.1, 0.15) is 40.5 Å². The highest BCUT2D eigenvalue weighted by molar-refractivity contribution is 9.10. The quantitative estimate of drug-likeness (QED) is 0.0585. The molecule has 1 saturated carbocycles. The fourth-order valence-electron chi connectivity index (χ4n) is 13.0. The Balaban J connectivity index is 0.000000148. The molecule has 94 heavy (non-hydrogen) atoms. The second kappa shape index (κ2) is 31.4. The molecular formula is C73H85BrN12O8. The van der Waals surface area contributed by atoms with Crippen molar-refractivity contribution in [1.82, 2.24) is 15.0 Å². The van der Waals surface area contributed by atoms with E-state index in [1.807, 2.05) is 36.4 Å². The molecule has 8 aromatic rings. The van der Waals surface area contributed by atoms with Crippen molar-refractivity contribution < 1.29 is 38.1 Å². The number of hydrogen-bond donors (Lipinski definition) is 6. The Morgan fingerprint density at radius 3 is 1.47 bits per heavy atom. The van der Waals surface area contributed by atoms with Crippen LogP contribution in [0, 0.1) is 35.5 Å². The van der Waals surface area contributed by atoms with E-state index in [1.165, 1.54) is 45.6 Å². The Morgan fingerprint density at radius 1 is 0.511 bits per heavy atom. The van der Waals surface area contributed by atoms with E-state index < -0.39 is 23.6 Å². The minimum Gasteiger partial charge on any atom is -0.496 e. The largest absolute Gasteiger partial charge is 0.496 e. The lowest BCUT2D eigenvalue weighted by Crippen LogP contribution is -2.39. The minimum atomic E-state index is -0.515. The predicted octanol–water partition coefficient (Wildman–Crippen LogP) is 11.2. The molecule has 1 aliphatic carbocycles. The number of fused-ring (bicyclic) bond motifs is 4. The standard InChI is InChI=1S/2C20H23N3O2.C17H20BrN3O2.C16H19N3O2/c1-4-6-14-11-22-20(23-8-5-7-13(2)12-23)16-10-18(25-3)17(19(21)24)9-15(14)16;1-3-4-13-5-6-18(23-9-7-14(21)8-10-23)16-12-19(25-2)17(20(22)24)11-15(13)16;1-10-4-3-5-21(9-10)17-12-7-15(23-2)13(16(19)22)6-11(12)14(18)8-20-17;1-21-14-9-12-10(8-13(14)15(17)20)6-7-18-16(12)19-11-4-2-3-5-11/h9-11,13H,5,7-8,12H2,1-3H3,(H2,21,24);5-6,11-12,14H,7-10,21H2,1-2H3,(H2,22,24);6-8,10H,3-5,9H2,1-2H3,(H2,19,22);6-9,11H,2-5H2,1H3,(H2,17,20)(H,18,19)/t13-;;10-;/m0.0./s1. The van der Waals surface area contributed by atoms with E-state index in [1.54, 1.807) is 78.0 Å². The number of ether oxygens (including phenoxy) is 4. The number of nitrogens with one attached hydrogen (secondary N) is 1. The van der Waals surface area contributed by atoms with Crippen LogP contribution in [0.25, 0.3) is 43.1 Å². The molecule has 0 radical (unpaired) electrons. The molecule has 3 aromatic heterocycles. The van der Waals surface area contributed by atoms with Gasteiger partial charge >= 0.3 is 0 Å². The van der Waals surface area contributed by atoms with E-state index in [-0.39, 0.29) is 6.04 Å². The Kier molecular flexibility index (Phi) is 23.0. The zero-order valence-electron chi connectivity index (χ0n) is 54.9. The van der Waals surface area contributed by atoms with Crippen molar-refractivity contribution in [3.05, 3.63) is 123 Å². The summed E-state index contributed by atoms with van der Waals surface area (Å²) in [5, 5.41) is 11.0. The van der Waals surface area contributed by atoms with Crippen LogP contribution in [0.1, 0.15) is 144 Å². The van der Waals surface area contributed by atoms with Crippen LogP contribution in [0.5, 0.6) is 23.0 Å². The summed E-state index contributed by atoms with van der Waals surface area (Å²) in [5.41, 5.74) is 32.2. The summed E-state index contributed by atoms with van der Waals surface area (Å²) in [6.07, 6.45) is 16.9. The third-order valence-corrected chi connectivity index (χ3v) is 18.4. The van der Waals surface area contributed by atoms with Gasteiger partial charge < -0.3 is 67.6 Å². The first-order chi connectivity index (χ1) is 45.3.